The van der Waals surface area contributed by atoms with E-state index in [1.54, 1.807) is 24.3 Å². The number of hydrogen-bond donors (Lipinski definition) is 2. The monoisotopic (exact) mass is 291 g/mol. The van der Waals surface area contributed by atoms with Crippen LogP contribution in [0, 0.1) is 0 Å². The van der Waals surface area contributed by atoms with Gasteiger partial charge >= 0.3 is 5.97 Å². The van der Waals surface area contributed by atoms with Crippen LogP contribution in [-0.2, 0) is 4.79 Å². The lowest BCUT2D eigenvalue weighted by atomic mass is 10.1. The summed E-state index contributed by atoms with van der Waals surface area (Å²) < 4.78 is 0. The van der Waals surface area contributed by atoms with Crippen LogP contribution in [0.5, 0.6) is 0 Å². The zero-order chi connectivity index (χ0) is 14.4. The van der Waals surface area contributed by atoms with Crippen molar-refractivity contribution in [2.45, 2.75) is 18.9 Å². The number of thioether (sulfide) groups is 1. The first-order valence-corrected chi connectivity index (χ1v) is 7.70. The Bertz CT molecular complexity index is 522. The molecule has 0 aliphatic carbocycles. The van der Waals surface area contributed by atoms with E-state index in [4.69, 9.17) is 5.11 Å². The van der Waals surface area contributed by atoms with Gasteiger partial charge in [0.15, 0.2) is 0 Å². The average Bonchev–Trinajstić information content (AvgIpc) is 2.46. The third kappa shape index (κ3) is 4.42. The summed E-state index contributed by atoms with van der Waals surface area (Å²) in [7, 11) is 0. The van der Waals surface area contributed by atoms with Gasteiger partial charge in [-0.15, -0.1) is 0 Å². The van der Waals surface area contributed by atoms with Crippen molar-refractivity contribution < 1.29 is 14.7 Å². The molecular formula is C15H17NO3S. The van der Waals surface area contributed by atoms with Crippen molar-refractivity contribution in [2.24, 2.45) is 0 Å². The van der Waals surface area contributed by atoms with Gasteiger partial charge in [-0.3, -0.25) is 4.79 Å². The number of carboxylic acid groups (broad SMARTS) is 1. The minimum atomic E-state index is -1.00. The first kappa shape index (κ1) is 14.7. The van der Waals surface area contributed by atoms with Gasteiger partial charge in [0.2, 0.25) is 0 Å². The van der Waals surface area contributed by atoms with Crippen molar-refractivity contribution in [1.29, 1.82) is 0 Å². The van der Waals surface area contributed by atoms with Gasteiger partial charge < -0.3 is 10.4 Å². The van der Waals surface area contributed by atoms with E-state index < -0.39 is 5.97 Å². The molecule has 1 aromatic carbocycles. The molecule has 0 aromatic heterocycles. The molecule has 20 heavy (non-hydrogen) atoms. The molecule has 0 radical (unpaired) electrons. The Morgan fingerprint density at radius 1 is 1.40 bits per heavy atom. The van der Waals surface area contributed by atoms with E-state index in [1.165, 1.54) is 11.8 Å². The molecule has 5 heteroatoms. The molecule has 1 fully saturated rings. The summed E-state index contributed by atoms with van der Waals surface area (Å²) in [5, 5.41) is 11.6. The molecule has 1 atom stereocenters. The Balaban J connectivity index is 2.02. The van der Waals surface area contributed by atoms with Gasteiger partial charge in [0.1, 0.15) is 0 Å². The van der Waals surface area contributed by atoms with Crippen LogP contribution in [0.4, 0.5) is 0 Å². The number of benzene rings is 1. The summed E-state index contributed by atoms with van der Waals surface area (Å²) in [4.78, 5) is 22.6. The van der Waals surface area contributed by atoms with Crippen LogP contribution in [0.1, 0.15) is 28.8 Å². The highest BCUT2D eigenvalue weighted by molar-refractivity contribution is 7.99. The summed E-state index contributed by atoms with van der Waals surface area (Å²) in [5.74, 6) is 1.04. The number of aliphatic carboxylic acids is 1. The standard InChI is InChI=1S/C15H17NO3S/c17-14(18)7-6-11-3-1-4-12(9-11)15(19)16-13-5-2-8-20-10-13/h1,3-4,6-7,9,13H,2,5,8,10H2,(H,16,19)(H,17,18)/b7-6+. The molecule has 1 unspecified atom stereocenters. The van der Waals surface area contributed by atoms with Crippen LogP contribution in [0.3, 0.4) is 0 Å². The topological polar surface area (TPSA) is 66.4 Å². The Hall–Kier alpha value is -1.75. The Morgan fingerprint density at radius 3 is 2.95 bits per heavy atom. The molecule has 1 aromatic rings. The maximum Gasteiger partial charge on any atom is 0.328 e. The van der Waals surface area contributed by atoms with E-state index in [2.05, 4.69) is 5.32 Å². The number of carboxylic acids is 1. The van der Waals surface area contributed by atoms with Crippen LogP contribution in [0.15, 0.2) is 30.3 Å². The van der Waals surface area contributed by atoms with E-state index in [0.29, 0.717) is 11.1 Å². The van der Waals surface area contributed by atoms with Crippen molar-refractivity contribution in [2.75, 3.05) is 11.5 Å². The van der Waals surface area contributed by atoms with Crippen molar-refractivity contribution in [3.8, 4) is 0 Å². The van der Waals surface area contributed by atoms with Crippen LogP contribution in [0.25, 0.3) is 6.08 Å². The van der Waals surface area contributed by atoms with Crippen LogP contribution < -0.4 is 5.32 Å². The van der Waals surface area contributed by atoms with Crippen molar-refractivity contribution in [1.82, 2.24) is 5.32 Å². The third-order valence-corrected chi connectivity index (χ3v) is 4.28. The van der Waals surface area contributed by atoms with Gasteiger partial charge in [-0.25, -0.2) is 4.79 Å². The highest BCUT2D eigenvalue weighted by Crippen LogP contribution is 2.17. The fraction of sp³-hybridized carbons (Fsp3) is 0.333. The minimum Gasteiger partial charge on any atom is -0.478 e. The molecular weight excluding hydrogens is 274 g/mol. The zero-order valence-corrected chi connectivity index (χ0v) is 11.9. The van der Waals surface area contributed by atoms with Crippen molar-refractivity contribution in [3.05, 3.63) is 41.5 Å². The zero-order valence-electron chi connectivity index (χ0n) is 11.0. The number of rotatable bonds is 4. The quantitative estimate of drug-likeness (QED) is 0.836. The van der Waals surface area contributed by atoms with Crippen molar-refractivity contribution in [3.63, 3.8) is 0 Å². The number of amides is 1. The largest absolute Gasteiger partial charge is 0.478 e. The third-order valence-electron chi connectivity index (χ3n) is 3.06. The fourth-order valence-corrected chi connectivity index (χ4v) is 3.15. The molecule has 1 aliphatic rings. The minimum absolute atomic E-state index is 0.0944. The molecule has 1 aliphatic heterocycles. The average molecular weight is 291 g/mol. The highest BCUT2D eigenvalue weighted by atomic mass is 32.2. The lowest BCUT2D eigenvalue weighted by Gasteiger charge is -2.22. The maximum absolute atomic E-state index is 12.1. The molecule has 0 spiro atoms. The van der Waals surface area contributed by atoms with Crippen LogP contribution in [0.2, 0.25) is 0 Å². The Labute approximate surface area is 122 Å². The number of nitrogens with one attached hydrogen (secondary N) is 1. The molecule has 4 nitrogen and oxygen atoms in total. The highest BCUT2D eigenvalue weighted by Gasteiger charge is 2.16. The second kappa shape index (κ2) is 7.14. The molecule has 1 heterocycles. The summed E-state index contributed by atoms with van der Waals surface area (Å²) in [5.41, 5.74) is 1.27. The van der Waals surface area contributed by atoms with Gasteiger partial charge in [0.25, 0.3) is 5.91 Å². The van der Waals surface area contributed by atoms with Gasteiger partial charge in [-0.05, 0) is 42.4 Å². The van der Waals surface area contributed by atoms with Gasteiger partial charge in [-0.2, -0.15) is 11.8 Å². The lowest BCUT2D eigenvalue weighted by Crippen LogP contribution is -2.38. The van der Waals surface area contributed by atoms with Crippen LogP contribution in [-0.4, -0.2) is 34.5 Å². The molecule has 1 amide bonds. The predicted molar refractivity (Wildman–Crippen MR) is 80.9 cm³/mol. The van der Waals surface area contributed by atoms with Gasteiger partial charge in [-0.1, -0.05) is 12.1 Å². The maximum atomic E-state index is 12.1. The second-order valence-corrected chi connectivity index (χ2v) is 5.83. The van der Waals surface area contributed by atoms with Gasteiger partial charge in [0.05, 0.1) is 0 Å². The summed E-state index contributed by atoms with van der Waals surface area (Å²) in [6, 6.07) is 7.20. The van der Waals surface area contributed by atoms with E-state index >= 15 is 0 Å². The second-order valence-electron chi connectivity index (χ2n) is 4.68. The number of carbonyl (C=O) groups is 2. The smallest absolute Gasteiger partial charge is 0.328 e. The summed E-state index contributed by atoms with van der Waals surface area (Å²) in [6.07, 6.45) is 4.71. The lowest BCUT2D eigenvalue weighted by molar-refractivity contribution is -0.131. The van der Waals surface area contributed by atoms with Crippen LogP contribution >= 0.6 is 11.8 Å². The summed E-state index contributed by atoms with van der Waals surface area (Å²) >= 11 is 1.86. The van der Waals surface area contributed by atoms with E-state index in [1.807, 2.05) is 11.8 Å². The molecule has 2 rings (SSSR count). The number of hydrogen-bond acceptors (Lipinski definition) is 3. The SMILES string of the molecule is O=C(O)/C=C/c1cccc(C(=O)NC2CCCSC2)c1. The van der Waals surface area contributed by atoms with Gasteiger partial charge in [0, 0.05) is 23.4 Å². The summed E-state index contributed by atoms with van der Waals surface area (Å²) in [6.45, 7) is 0. The first-order chi connectivity index (χ1) is 9.65. The molecule has 0 bridgehead atoms. The normalized spacial score (nSPS) is 18.9. The van der Waals surface area contributed by atoms with E-state index in [0.717, 1.165) is 24.7 Å². The molecule has 2 N–H and O–H groups in total. The molecule has 0 saturated carbocycles. The molecule has 106 valence electrons. The van der Waals surface area contributed by atoms with E-state index in [-0.39, 0.29) is 11.9 Å². The first-order valence-electron chi connectivity index (χ1n) is 6.55. The Kier molecular flexibility index (Phi) is 5.24. The van der Waals surface area contributed by atoms with E-state index in [9.17, 15) is 9.59 Å². The fourth-order valence-electron chi connectivity index (χ4n) is 2.07. The Morgan fingerprint density at radius 2 is 2.25 bits per heavy atom. The number of carbonyl (C=O) groups excluding carboxylic acids is 1. The predicted octanol–water partition coefficient (Wildman–Crippen LogP) is 2.41. The van der Waals surface area contributed by atoms with Crippen molar-refractivity contribution >= 4 is 29.7 Å². The molecule has 1 saturated heterocycles.